The van der Waals surface area contributed by atoms with Gasteiger partial charge in [0.1, 0.15) is 0 Å². The van der Waals surface area contributed by atoms with Gasteiger partial charge in [0.2, 0.25) is 0 Å². The van der Waals surface area contributed by atoms with Crippen molar-refractivity contribution in [1.29, 1.82) is 0 Å². The lowest BCUT2D eigenvalue weighted by Crippen LogP contribution is -2.10. The standard InChI is InChI=1S/C46H30N2S/c1-3-12-31(13-4-1)33-14-11-17-35(28-33)47(37-25-27-40-39-19-8-10-21-44(39)49-45(40)30-37)36-24-22-32-23-26-41-38-18-7-9-20-43(38)48(46(41)42(32)29-36)34-15-5-2-6-16-34/h1-30H. The summed E-state index contributed by atoms with van der Waals surface area (Å²) < 4.78 is 5.03. The normalized spacial score (nSPS) is 11.7. The second-order valence-electron chi connectivity index (χ2n) is 12.6. The molecule has 0 aliphatic rings. The van der Waals surface area contributed by atoms with Crippen molar-refractivity contribution in [2.24, 2.45) is 0 Å². The number of benzene rings is 8. The molecule has 2 aromatic heterocycles. The summed E-state index contributed by atoms with van der Waals surface area (Å²) in [5.74, 6) is 0. The fourth-order valence-electron chi connectivity index (χ4n) is 7.51. The number of fused-ring (bicyclic) bond motifs is 8. The van der Waals surface area contributed by atoms with Crippen molar-refractivity contribution < 1.29 is 0 Å². The molecule has 0 amide bonds. The summed E-state index contributed by atoms with van der Waals surface area (Å²) in [6.45, 7) is 0. The zero-order valence-electron chi connectivity index (χ0n) is 26.6. The maximum absolute atomic E-state index is 2.43. The molecule has 0 saturated carbocycles. The summed E-state index contributed by atoms with van der Waals surface area (Å²) in [6.07, 6.45) is 0. The largest absolute Gasteiger partial charge is 0.310 e. The van der Waals surface area contributed by atoms with Crippen LogP contribution in [0.1, 0.15) is 0 Å². The molecule has 8 aromatic carbocycles. The molecule has 0 radical (unpaired) electrons. The third kappa shape index (κ3) is 4.55. The maximum atomic E-state index is 2.43. The first-order valence-electron chi connectivity index (χ1n) is 16.7. The number of hydrogen-bond acceptors (Lipinski definition) is 2. The Morgan fingerprint density at radius 1 is 0.388 bits per heavy atom. The number of thiophene rings is 1. The second-order valence-corrected chi connectivity index (χ2v) is 13.7. The molecule has 3 heteroatoms. The third-order valence-corrected chi connectivity index (χ3v) is 10.9. The Morgan fingerprint density at radius 2 is 1.02 bits per heavy atom. The van der Waals surface area contributed by atoms with E-state index in [1.807, 2.05) is 11.3 Å². The van der Waals surface area contributed by atoms with Crippen LogP contribution in [-0.4, -0.2) is 4.57 Å². The van der Waals surface area contributed by atoms with Gasteiger partial charge in [-0.15, -0.1) is 11.3 Å². The van der Waals surface area contributed by atoms with Crippen molar-refractivity contribution in [2.45, 2.75) is 0 Å². The van der Waals surface area contributed by atoms with E-state index in [2.05, 4.69) is 191 Å². The van der Waals surface area contributed by atoms with E-state index in [0.29, 0.717) is 0 Å². The maximum Gasteiger partial charge on any atom is 0.0620 e. The Labute approximate surface area is 288 Å². The van der Waals surface area contributed by atoms with Crippen molar-refractivity contribution in [3.05, 3.63) is 182 Å². The lowest BCUT2D eigenvalue weighted by Gasteiger charge is -2.26. The quantitative estimate of drug-likeness (QED) is 0.181. The minimum Gasteiger partial charge on any atom is -0.310 e. The van der Waals surface area contributed by atoms with Gasteiger partial charge in [0.15, 0.2) is 0 Å². The highest BCUT2D eigenvalue weighted by molar-refractivity contribution is 7.25. The highest BCUT2D eigenvalue weighted by atomic mass is 32.1. The summed E-state index contributed by atoms with van der Waals surface area (Å²) in [6, 6.07) is 66.2. The molecule has 10 aromatic rings. The van der Waals surface area contributed by atoms with E-state index in [0.717, 1.165) is 22.7 Å². The van der Waals surface area contributed by atoms with Crippen LogP contribution in [0.15, 0.2) is 182 Å². The van der Waals surface area contributed by atoms with Crippen LogP contribution in [-0.2, 0) is 0 Å². The predicted molar refractivity (Wildman–Crippen MR) is 211 cm³/mol. The van der Waals surface area contributed by atoms with Gasteiger partial charge in [-0.05, 0) is 77.2 Å². The summed E-state index contributed by atoms with van der Waals surface area (Å²) in [5, 5.41) is 7.57. The Bertz CT molecular complexity index is 2830. The molecule has 0 fully saturated rings. The number of anilines is 3. The fourth-order valence-corrected chi connectivity index (χ4v) is 8.65. The summed E-state index contributed by atoms with van der Waals surface area (Å²) in [4.78, 5) is 2.42. The van der Waals surface area contributed by atoms with E-state index in [1.54, 1.807) is 0 Å². The predicted octanol–water partition coefficient (Wildman–Crippen LogP) is 13.4. The van der Waals surface area contributed by atoms with Crippen molar-refractivity contribution in [2.75, 3.05) is 4.90 Å². The van der Waals surface area contributed by atoms with Gasteiger partial charge in [-0.1, -0.05) is 121 Å². The second kappa shape index (κ2) is 11.2. The Morgan fingerprint density at radius 3 is 1.90 bits per heavy atom. The molecule has 2 heterocycles. The molecule has 0 saturated heterocycles. The average Bonchev–Trinajstić information content (AvgIpc) is 3.71. The third-order valence-electron chi connectivity index (χ3n) is 9.74. The number of aromatic nitrogens is 1. The van der Waals surface area contributed by atoms with Gasteiger partial charge in [-0.2, -0.15) is 0 Å². The first kappa shape index (κ1) is 27.9. The fraction of sp³-hybridized carbons (Fsp3) is 0. The molecule has 0 atom stereocenters. The van der Waals surface area contributed by atoms with E-state index in [4.69, 9.17) is 0 Å². The molecule has 0 unspecified atom stereocenters. The number of para-hydroxylation sites is 2. The number of nitrogens with zero attached hydrogens (tertiary/aromatic N) is 2. The van der Waals surface area contributed by atoms with Gasteiger partial charge in [0.05, 0.1) is 11.0 Å². The van der Waals surface area contributed by atoms with Crippen molar-refractivity contribution >= 4 is 81.1 Å². The van der Waals surface area contributed by atoms with E-state index in [-0.39, 0.29) is 0 Å². The molecule has 49 heavy (non-hydrogen) atoms. The molecule has 0 spiro atoms. The van der Waals surface area contributed by atoms with Crippen molar-refractivity contribution in [3.63, 3.8) is 0 Å². The molecule has 0 N–H and O–H groups in total. The van der Waals surface area contributed by atoms with Crippen LogP contribution in [0, 0.1) is 0 Å². The van der Waals surface area contributed by atoms with Crippen LogP contribution < -0.4 is 4.90 Å². The average molecular weight is 643 g/mol. The molecule has 2 nitrogen and oxygen atoms in total. The van der Waals surface area contributed by atoms with E-state index < -0.39 is 0 Å². The van der Waals surface area contributed by atoms with Crippen molar-refractivity contribution in [3.8, 4) is 16.8 Å². The molecule has 0 bridgehead atoms. The van der Waals surface area contributed by atoms with Gasteiger partial charge in [0, 0.05) is 59.1 Å². The summed E-state index contributed by atoms with van der Waals surface area (Å²) in [5.41, 5.74) is 9.38. The molecule has 0 aliphatic carbocycles. The van der Waals surface area contributed by atoms with Gasteiger partial charge in [-0.25, -0.2) is 0 Å². The molecule has 230 valence electrons. The molecule has 10 rings (SSSR count). The van der Waals surface area contributed by atoms with Gasteiger partial charge < -0.3 is 9.47 Å². The molecular weight excluding hydrogens is 613 g/mol. The highest BCUT2D eigenvalue weighted by Gasteiger charge is 2.19. The first-order valence-corrected chi connectivity index (χ1v) is 17.5. The van der Waals surface area contributed by atoms with E-state index in [9.17, 15) is 0 Å². The molecule has 0 aliphatic heterocycles. The zero-order valence-corrected chi connectivity index (χ0v) is 27.4. The van der Waals surface area contributed by atoms with Crippen LogP contribution in [0.5, 0.6) is 0 Å². The minimum atomic E-state index is 1.12. The van der Waals surface area contributed by atoms with Crippen LogP contribution in [0.2, 0.25) is 0 Å². The van der Waals surface area contributed by atoms with Crippen LogP contribution in [0.25, 0.3) is 69.6 Å². The highest BCUT2D eigenvalue weighted by Crippen LogP contribution is 2.44. The van der Waals surface area contributed by atoms with Gasteiger partial charge >= 0.3 is 0 Å². The summed E-state index contributed by atoms with van der Waals surface area (Å²) >= 11 is 1.86. The lowest BCUT2D eigenvalue weighted by molar-refractivity contribution is 1.19. The van der Waals surface area contributed by atoms with Crippen LogP contribution in [0.4, 0.5) is 17.1 Å². The minimum absolute atomic E-state index is 1.12. The monoisotopic (exact) mass is 642 g/mol. The number of rotatable bonds is 5. The van der Waals surface area contributed by atoms with Gasteiger partial charge in [0.25, 0.3) is 0 Å². The Hall–Kier alpha value is -6.16. The van der Waals surface area contributed by atoms with Crippen LogP contribution >= 0.6 is 11.3 Å². The SMILES string of the molecule is c1ccc(-c2cccc(N(c3ccc4c(c3)sc3ccccc34)c3ccc4ccc5c6ccccc6n(-c6ccccc6)c5c4c3)c2)cc1. The zero-order chi connectivity index (χ0) is 32.3. The van der Waals surface area contributed by atoms with E-state index >= 15 is 0 Å². The topological polar surface area (TPSA) is 8.17 Å². The summed E-state index contributed by atoms with van der Waals surface area (Å²) in [7, 11) is 0. The van der Waals surface area contributed by atoms with Crippen LogP contribution in [0.3, 0.4) is 0 Å². The number of hydrogen-bond donors (Lipinski definition) is 0. The van der Waals surface area contributed by atoms with Crippen molar-refractivity contribution in [1.82, 2.24) is 4.57 Å². The van der Waals surface area contributed by atoms with Gasteiger partial charge in [-0.3, -0.25) is 0 Å². The smallest absolute Gasteiger partial charge is 0.0620 e. The Kier molecular flexibility index (Phi) is 6.39. The first-order chi connectivity index (χ1) is 24.3. The lowest BCUT2D eigenvalue weighted by atomic mass is 10.0. The molecular formula is C46H30N2S. The Balaban J connectivity index is 1.25. The van der Waals surface area contributed by atoms with E-state index in [1.165, 1.54) is 63.9 Å².